The predicted molar refractivity (Wildman–Crippen MR) is 119 cm³/mol. The van der Waals surface area contributed by atoms with E-state index in [0.717, 1.165) is 10.4 Å². The molecule has 8 nitrogen and oxygen atoms in total. The number of ether oxygens (including phenoxy) is 1. The summed E-state index contributed by atoms with van der Waals surface area (Å²) in [4.78, 5) is 35.3. The molecule has 3 rings (SSSR count). The van der Waals surface area contributed by atoms with E-state index in [1.807, 2.05) is 6.92 Å². The fourth-order valence-electron chi connectivity index (χ4n) is 2.94. The molecule has 1 atom stereocenters. The second kappa shape index (κ2) is 8.84. The summed E-state index contributed by atoms with van der Waals surface area (Å²) in [5.41, 5.74) is 0.684. The molecule has 0 aliphatic carbocycles. The summed E-state index contributed by atoms with van der Waals surface area (Å²) in [5.74, 6) is -0.608. The number of carboxylic acids is 1. The summed E-state index contributed by atoms with van der Waals surface area (Å²) in [6.07, 6.45) is 1.25. The van der Waals surface area contributed by atoms with Gasteiger partial charge in [0.25, 0.3) is 0 Å². The maximum Gasteiger partial charge on any atom is 0.416 e. The minimum Gasteiger partial charge on any atom is -0.481 e. The van der Waals surface area contributed by atoms with Gasteiger partial charge in [-0.3, -0.25) is 9.69 Å². The highest BCUT2D eigenvalue weighted by atomic mass is 35.5. The first kappa shape index (κ1) is 23.0. The summed E-state index contributed by atoms with van der Waals surface area (Å²) in [6, 6.07) is 3.48. The molecule has 0 spiro atoms. The molecule has 0 aliphatic heterocycles. The number of hydrogen-bond acceptors (Lipinski definition) is 7. The number of aromatic nitrogens is 2. The lowest BCUT2D eigenvalue weighted by molar-refractivity contribution is -0.141. The van der Waals surface area contributed by atoms with E-state index in [1.165, 1.54) is 22.5 Å². The molecule has 10 heteroatoms. The number of aliphatic carboxylic acids is 1. The van der Waals surface area contributed by atoms with Crippen molar-refractivity contribution in [2.24, 2.45) is 5.92 Å². The Hall–Kier alpha value is -2.65. The number of furan rings is 1. The van der Waals surface area contributed by atoms with Gasteiger partial charge in [-0.1, -0.05) is 6.92 Å². The average molecular weight is 466 g/mol. The lowest BCUT2D eigenvalue weighted by Gasteiger charge is -2.26. The number of carbonyl (C=O) groups excluding carboxylic acids is 1. The van der Waals surface area contributed by atoms with Gasteiger partial charge in [0.2, 0.25) is 5.28 Å². The maximum atomic E-state index is 13.1. The average Bonchev–Trinajstić information content (AvgIpc) is 3.27. The van der Waals surface area contributed by atoms with E-state index < -0.39 is 23.6 Å². The minimum absolute atomic E-state index is 0.0192. The number of rotatable bonds is 6. The van der Waals surface area contributed by atoms with Crippen molar-refractivity contribution < 1.29 is 23.8 Å². The Labute approximate surface area is 188 Å². The Bertz CT molecular complexity index is 1100. The molecule has 1 N–H and O–H groups in total. The van der Waals surface area contributed by atoms with Gasteiger partial charge < -0.3 is 14.3 Å². The van der Waals surface area contributed by atoms with Gasteiger partial charge in [-0.15, -0.1) is 11.3 Å². The molecule has 166 valence electrons. The van der Waals surface area contributed by atoms with Crippen LogP contribution in [0.2, 0.25) is 5.28 Å². The number of fused-ring (bicyclic) bond motifs is 1. The van der Waals surface area contributed by atoms with Crippen LogP contribution in [0.4, 0.5) is 10.6 Å². The van der Waals surface area contributed by atoms with Crippen molar-refractivity contribution in [1.29, 1.82) is 0 Å². The normalized spacial score (nSPS) is 12.7. The molecule has 3 aromatic heterocycles. The number of nitrogens with zero attached hydrogens (tertiary/aromatic N) is 3. The van der Waals surface area contributed by atoms with Gasteiger partial charge in [0.05, 0.1) is 28.9 Å². The third kappa shape index (κ3) is 5.34. The van der Waals surface area contributed by atoms with Crippen LogP contribution < -0.4 is 4.90 Å². The van der Waals surface area contributed by atoms with Crippen molar-refractivity contribution in [3.05, 3.63) is 39.9 Å². The van der Waals surface area contributed by atoms with Crippen LogP contribution in [0.15, 0.2) is 22.8 Å². The molecular formula is C21H24ClN3O5S. The lowest BCUT2D eigenvalue weighted by atomic mass is 10.1. The standard InChI is InChI=1S/C21H24ClN3O5S/c1-11(18(26)27)9-14-12(2)15-16(31-14)17(24-19(22)23-15)25(10-13-7-6-8-29-13)20(28)30-21(3,4)5/h6-8,11H,9-10H2,1-5H3,(H,26,27). The highest BCUT2D eigenvalue weighted by molar-refractivity contribution is 7.19. The molecular weight excluding hydrogens is 442 g/mol. The van der Waals surface area contributed by atoms with Crippen LogP contribution in [0.5, 0.6) is 0 Å². The first-order valence-electron chi connectivity index (χ1n) is 9.67. The number of carbonyl (C=O) groups is 2. The van der Waals surface area contributed by atoms with Gasteiger partial charge in [-0.2, -0.15) is 4.98 Å². The Kier molecular flexibility index (Phi) is 6.56. The fraction of sp³-hybridized carbons (Fsp3) is 0.429. The Morgan fingerprint density at radius 2 is 2.06 bits per heavy atom. The SMILES string of the molecule is Cc1c(CC(C)C(=O)O)sc2c(N(Cc3ccco3)C(=O)OC(C)(C)C)nc(Cl)nc12. The fourth-order valence-corrected chi connectivity index (χ4v) is 4.47. The van der Waals surface area contributed by atoms with E-state index in [2.05, 4.69) is 9.97 Å². The predicted octanol–water partition coefficient (Wildman–Crippen LogP) is 5.45. The Morgan fingerprint density at radius 1 is 1.35 bits per heavy atom. The zero-order chi connectivity index (χ0) is 22.9. The number of carboxylic acid groups (broad SMARTS) is 1. The topological polar surface area (TPSA) is 106 Å². The second-order valence-electron chi connectivity index (χ2n) is 8.23. The molecule has 0 fully saturated rings. The van der Waals surface area contributed by atoms with Crippen LogP contribution >= 0.6 is 22.9 Å². The minimum atomic E-state index is -0.880. The van der Waals surface area contributed by atoms with E-state index in [-0.39, 0.29) is 11.8 Å². The van der Waals surface area contributed by atoms with Crippen LogP contribution in [0.25, 0.3) is 10.2 Å². The highest BCUT2D eigenvalue weighted by Crippen LogP contribution is 2.38. The molecule has 1 unspecified atom stereocenters. The van der Waals surface area contributed by atoms with Gasteiger partial charge in [-0.25, -0.2) is 9.78 Å². The van der Waals surface area contributed by atoms with E-state index in [9.17, 15) is 14.7 Å². The monoisotopic (exact) mass is 465 g/mol. The quantitative estimate of drug-likeness (QED) is 0.482. The zero-order valence-electron chi connectivity index (χ0n) is 17.9. The molecule has 3 heterocycles. The van der Waals surface area contributed by atoms with E-state index in [0.29, 0.717) is 28.2 Å². The molecule has 0 aliphatic rings. The molecule has 0 aromatic carbocycles. The maximum absolute atomic E-state index is 13.1. The Balaban J connectivity index is 2.12. The first-order chi connectivity index (χ1) is 14.5. The van der Waals surface area contributed by atoms with E-state index in [1.54, 1.807) is 39.8 Å². The zero-order valence-corrected chi connectivity index (χ0v) is 19.5. The number of hydrogen-bond donors (Lipinski definition) is 1. The second-order valence-corrected chi connectivity index (χ2v) is 9.68. The van der Waals surface area contributed by atoms with E-state index in [4.69, 9.17) is 20.8 Å². The molecule has 0 bridgehead atoms. The summed E-state index contributed by atoms with van der Waals surface area (Å²) in [5, 5.41) is 9.28. The van der Waals surface area contributed by atoms with Gasteiger partial charge in [0.15, 0.2) is 5.82 Å². The van der Waals surface area contributed by atoms with Crippen LogP contribution in [0.3, 0.4) is 0 Å². The Morgan fingerprint density at radius 3 is 2.65 bits per heavy atom. The number of anilines is 1. The largest absolute Gasteiger partial charge is 0.481 e. The van der Waals surface area contributed by atoms with Gasteiger partial charge in [-0.05, 0) is 63.4 Å². The summed E-state index contributed by atoms with van der Waals surface area (Å²) in [6.45, 7) is 8.93. The van der Waals surface area contributed by atoms with E-state index >= 15 is 0 Å². The van der Waals surface area contributed by atoms with Crippen molar-refractivity contribution in [3.63, 3.8) is 0 Å². The number of thiophene rings is 1. The van der Waals surface area contributed by atoms with Gasteiger partial charge in [0.1, 0.15) is 11.4 Å². The van der Waals surface area contributed by atoms with Crippen molar-refractivity contribution >= 4 is 51.0 Å². The molecule has 1 amide bonds. The van der Waals surface area contributed by atoms with Crippen LogP contribution in [-0.2, 0) is 22.5 Å². The van der Waals surface area contributed by atoms with Crippen molar-refractivity contribution in [2.75, 3.05) is 4.90 Å². The van der Waals surface area contributed by atoms with Gasteiger partial charge in [0, 0.05) is 4.88 Å². The summed E-state index contributed by atoms with van der Waals surface area (Å²) >= 11 is 7.57. The first-order valence-corrected chi connectivity index (χ1v) is 10.9. The molecule has 0 saturated carbocycles. The lowest BCUT2D eigenvalue weighted by Crippen LogP contribution is -2.37. The van der Waals surface area contributed by atoms with Crippen LogP contribution in [0, 0.1) is 12.8 Å². The third-order valence-electron chi connectivity index (χ3n) is 4.50. The smallest absolute Gasteiger partial charge is 0.416 e. The molecule has 0 saturated heterocycles. The number of aryl methyl sites for hydroxylation is 1. The third-order valence-corrected chi connectivity index (χ3v) is 5.96. The van der Waals surface area contributed by atoms with Gasteiger partial charge >= 0.3 is 12.1 Å². The number of amides is 1. The molecule has 0 radical (unpaired) electrons. The van der Waals surface area contributed by atoms with Crippen molar-refractivity contribution in [3.8, 4) is 0 Å². The summed E-state index contributed by atoms with van der Waals surface area (Å²) in [7, 11) is 0. The van der Waals surface area contributed by atoms with Crippen molar-refractivity contribution in [2.45, 2.75) is 53.2 Å². The molecule has 3 aromatic rings. The molecule has 31 heavy (non-hydrogen) atoms. The summed E-state index contributed by atoms with van der Waals surface area (Å²) < 4.78 is 11.7. The number of halogens is 1. The highest BCUT2D eigenvalue weighted by Gasteiger charge is 2.29. The van der Waals surface area contributed by atoms with Crippen LogP contribution in [-0.4, -0.2) is 32.7 Å². The van der Waals surface area contributed by atoms with Crippen molar-refractivity contribution in [1.82, 2.24) is 9.97 Å². The van der Waals surface area contributed by atoms with Crippen LogP contribution in [0.1, 0.15) is 43.9 Å².